The molecule has 0 radical (unpaired) electrons. The number of aromatic nitrogens is 2. The van der Waals surface area contributed by atoms with Crippen molar-refractivity contribution in [1.29, 1.82) is 0 Å². The molecule has 88 valence electrons. The van der Waals surface area contributed by atoms with Crippen LogP contribution >= 0.6 is 0 Å². The second-order valence-electron chi connectivity index (χ2n) is 4.58. The number of para-hydroxylation sites is 1. The number of rotatable bonds is 1. The van der Waals surface area contributed by atoms with E-state index in [0.29, 0.717) is 11.4 Å². The molecule has 17 heavy (non-hydrogen) atoms. The maximum Gasteiger partial charge on any atom is 0.220 e. The molecular formula is C13H14FN3. The normalized spacial score (nSPS) is 16.8. The Balaban J connectivity index is 2.25. The van der Waals surface area contributed by atoms with Crippen molar-refractivity contribution in [3.8, 4) is 0 Å². The fourth-order valence-electron chi connectivity index (χ4n) is 2.67. The number of halogens is 1. The van der Waals surface area contributed by atoms with E-state index in [4.69, 9.17) is 5.73 Å². The molecule has 1 heterocycles. The van der Waals surface area contributed by atoms with Gasteiger partial charge in [-0.3, -0.25) is 0 Å². The smallest absolute Gasteiger partial charge is 0.220 e. The van der Waals surface area contributed by atoms with Gasteiger partial charge in [-0.15, -0.1) is 0 Å². The van der Waals surface area contributed by atoms with Crippen LogP contribution in [-0.2, 0) is 0 Å². The molecule has 0 unspecified atom stereocenters. The lowest BCUT2D eigenvalue weighted by atomic mass is 9.99. The van der Waals surface area contributed by atoms with Crippen LogP contribution in [0.2, 0.25) is 0 Å². The van der Waals surface area contributed by atoms with Crippen molar-refractivity contribution in [2.24, 2.45) is 0 Å². The summed E-state index contributed by atoms with van der Waals surface area (Å²) in [6.07, 6.45) is 4.65. The molecule has 4 heteroatoms. The van der Waals surface area contributed by atoms with Crippen molar-refractivity contribution in [1.82, 2.24) is 9.97 Å². The first-order chi connectivity index (χ1) is 8.25. The van der Waals surface area contributed by atoms with Crippen LogP contribution in [0.5, 0.6) is 0 Å². The van der Waals surface area contributed by atoms with E-state index in [-0.39, 0.29) is 11.8 Å². The second-order valence-corrected chi connectivity index (χ2v) is 4.58. The van der Waals surface area contributed by atoms with Crippen LogP contribution in [0.4, 0.5) is 10.3 Å². The van der Waals surface area contributed by atoms with E-state index in [1.165, 1.54) is 18.9 Å². The lowest BCUT2D eigenvalue weighted by Gasteiger charge is -2.12. The predicted molar refractivity (Wildman–Crippen MR) is 65.1 cm³/mol. The van der Waals surface area contributed by atoms with E-state index in [9.17, 15) is 4.39 Å². The predicted octanol–water partition coefficient (Wildman–Crippen LogP) is 3.01. The molecule has 0 bridgehead atoms. The monoisotopic (exact) mass is 231 g/mol. The lowest BCUT2D eigenvalue weighted by molar-refractivity contribution is 0.635. The summed E-state index contributed by atoms with van der Waals surface area (Å²) >= 11 is 0. The Hall–Kier alpha value is -1.71. The summed E-state index contributed by atoms with van der Waals surface area (Å²) in [4.78, 5) is 8.32. The minimum absolute atomic E-state index is 0.171. The highest BCUT2D eigenvalue weighted by Crippen LogP contribution is 2.36. The van der Waals surface area contributed by atoms with E-state index >= 15 is 0 Å². The molecule has 3 rings (SSSR count). The molecule has 0 saturated heterocycles. The summed E-state index contributed by atoms with van der Waals surface area (Å²) < 4.78 is 13.7. The topological polar surface area (TPSA) is 51.8 Å². The third-order valence-electron chi connectivity index (χ3n) is 3.47. The number of hydrogen-bond donors (Lipinski definition) is 1. The van der Waals surface area contributed by atoms with Gasteiger partial charge < -0.3 is 5.73 Å². The Morgan fingerprint density at radius 3 is 2.71 bits per heavy atom. The Morgan fingerprint density at radius 1 is 1.18 bits per heavy atom. The summed E-state index contributed by atoms with van der Waals surface area (Å²) in [7, 11) is 0. The van der Waals surface area contributed by atoms with Crippen molar-refractivity contribution in [2.45, 2.75) is 31.6 Å². The fourth-order valence-corrected chi connectivity index (χ4v) is 2.67. The molecule has 0 atom stereocenters. The molecule has 2 N–H and O–H groups in total. The van der Waals surface area contributed by atoms with Gasteiger partial charge in [0.25, 0.3) is 0 Å². The SMILES string of the molecule is Nc1nc(C2CCCC2)c2cccc(F)c2n1. The molecule has 1 saturated carbocycles. The van der Waals surface area contributed by atoms with Crippen molar-refractivity contribution in [2.75, 3.05) is 5.73 Å². The Labute approximate surface area is 98.9 Å². The molecular weight excluding hydrogens is 217 g/mol. The van der Waals surface area contributed by atoms with Crippen LogP contribution in [0.25, 0.3) is 10.9 Å². The molecule has 2 aromatic rings. The Morgan fingerprint density at radius 2 is 1.94 bits per heavy atom. The van der Waals surface area contributed by atoms with Gasteiger partial charge in [0.1, 0.15) is 11.3 Å². The zero-order valence-corrected chi connectivity index (χ0v) is 9.49. The van der Waals surface area contributed by atoms with Crippen LogP contribution in [0, 0.1) is 5.82 Å². The first-order valence-corrected chi connectivity index (χ1v) is 5.97. The van der Waals surface area contributed by atoms with Gasteiger partial charge in [-0.1, -0.05) is 25.0 Å². The molecule has 3 nitrogen and oxygen atoms in total. The van der Waals surface area contributed by atoms with Crippen molar-refractivity contribution >= 4 is 16.9 Å². The lowest BCUT2D eigenvalue weighted by Crippen LogP contribution is -2.04. The number of anilines is 1. The zero-order valence-electron chi connectivity index (χ0n) is 9.49. The summed E-state index contributed by atoms with van der Waals surface area (Å²) in [5, 5.41) is 0.811. The van der Waals surface area contributed by atoms with Crippen LogP contribution < -0.4 is 5.73 Å². The molecule has 0 amide bonds. The number of fused-ring (bicyclic) bond motifs is 1. The van der Waals surface area contributed by atoms with Crippen molar-refractivity contribution in [3.05, 3.63) is 29.7 Å². The number of benzene rings is 1. The summed E-state index contributed by atoms with van der Waals surface area (Å²) in [6.45, 7) is 0. The number of nitrogen functional groups attached to an aromatic ring is 1. The molecule has 1 aliphatic rings. The number of hydrogen-bond acceptors (Lipinski definition) is 3. The quantitative estimate of drug-likeness (QED) is 0.820. The molecule has 1 fully saturated rings. The third kappa shape index (κ3) is 1.73. The maximum absolute atomic E-state index is 13.7. The van der Waals surface area contributed by atoms with Crippen molar-refractivity contribution in [3.63, 3.8) is 0 Å². The fraction of sp³-hybridized carbons (Fsp3) is 0.385. The van der Waals surface area contributed by atoms with Crippen LogP contribution in [0.15, 0.2) is 18.2 Å². The van der Waals surface area contributed by atoms with Gasteiger partial charge in [0, 0.05) is 11.3 Å². The highest BCUT2D eigenvalue weighted by Gasteiger charge is 2.22. The summed E-state index contributed by atoms with van der Waals surface area (Å²) in [5.74, 6) is 0.255. The van der Waals surface area contributed by atoms with Crippen LogP contribution in [0.1, 0.15) is 37.3 Å². The molecule has 1 aromatic carbocycles. The second kappa shape index (κ2) is 3.95. The Kier molecular flexibility index (Phi) is 2.42. The zero-order chi connectivity index (χ0) is 11.8. The molecule has 1 aliphatic carbocycles. The average Bonchev–Trinajstić information content (AvgIpc) is 2.83. The summed E-state index contributed by atoms with van der Waals surface area (Å²) in [5.41, 5.74) is 6.94. The maximum atomic E-state index is 13.7. The van der Waals surface area contributed by atoms with Crippen molar-refractivity contribution < 1.29 is 4.39 Å². The minimum Gasteiger partial charge on any atom is -0.368 e. The van der Waals surface area contributed by atoms with E-state index < -0.39 is 0 Å². The van der Waals surface area contributed by atoms with E-state index in [2.05, 4.69) is 9.97 Å². The van der Waals surface area contributed by atoms with Gasteiger partial charge >= 0.3 is 0 Å². The number of nitrogens with zero attached hydrogens (tertiary/aromatic N) is 2. The van der Waals surface area contributed by atoms with Gasteiger partial charge in [-0.05, 0) is 18.9 Å². The molecule has 1 aromatic heterocycles. The highest BCUT2D eigenvalue weighted by molar-refractivity contribution is 5.82. The average molecular weight is 231 g/mol. The first kappa shape index (κ1) is 10.4. The van der Waals surface area contributed by atoms with Crippen LogP contribution in [-0.4, -0.2) is 9.97 Å². The molecule has 0 aliphatic heterocycles. The van der Waals surface area contributed by atoms with Gasteiger partial charge in [0.05, 0.1) is 5.69 Å². The standard InChI is InChI=1S/C13H14FN3/c14-10-7-3-6-9-11(8-4-1-2-5-8)16-13(15)17-12(9)10/h3,6-8H,1-2,4-5H2,(H2,15,16,17). The largest absolute Gasteiger partial charge is 0.368 e. The van der Waals surface area contributed by atoms with Gasteiger partial charge in [0.15, 0.2) is 0 Å². The third-order valence-corrected chi connectivity index (χ3v) is 3.47. The molecule has 0 spiro atoms. The van der Waals surface area contributed by atoms with Gasteiger partial charge in [-0.25, -0.2) is 14.4 Å². The minimum atomic E-state index is -0.323. The van der Waals surface area contributed by atoms with E-state index in [1.807, 2.05) is 6.07 Å². The highest BCUT2D eigenvalue weighted by atomic mass is 19.1. The van der Waals surface area contributed by atoms with Crippen LogP contribution in [0.3, 0.4) is 0 Å². The van der Waals surface area contributed by atoms with E-state index in [1.54, 1.807) is 6.07 Å². The first-order valence-electron chi connectivity index (χ1n) is 5.97. The van der Waals surface area contributed by atoms with E-state index in [0.717, 1.165) is 23.9 Å². The number of nitrogens with two attached hydrogens (primary N) is 1. The summed E-state index contributed by atoms with van der Waals surface area (Å²) in [6, 6.07) is 4.99. The van der Waals surface area contributed by atoms with Gasteiger partial charge in [-0.2, -0.15) is 0 Å². The Bertz CT molecular complexity index is 562. The van der Waals surface area contributed by atoms with Gasteiger partial charge in [0.2, 0.25) is 5.95 Å².